The highest BCUT2D eigenvalue weighted by molar-refractivity contribution is 6.29. The lowest BCUT2D eigenvalue weighted by Gasteiger charge is -1.95. The Morgan fingerprint density at radius 2 is 2.36 bits per heavy atom. The number of hydrogen-bond acceptors (Lipinski definition) is 2. The summed E-state index contributed by atoms with van der Waals surface area (Å²) in [5.74, 6) is -0.896. The number of rotatable bonds is 1. The second-order valence-electron chi connectivity index (χ2n) is 2.05. The smallest absolute Gasteiger partial charge is 0.164 e. The summed E-state index contributed by atoms with van der Waals surface area (Å²) in [5, 5.41) is -0.213. The zero-order chi connectivity index (χ0) is 8.43. The van der Waals surface area contributed by atoms with Gasteiger partial charge in [-0.15, -0.1) is 0 Å². The Hall–Kier alpha value is -0.960. The van der Waals surface area contributed by atoms with Gasteiger partial charge < -0.3 is 0 Å². The molecule has 11 heavy (non-hydrogen) atoms. The molecule has 4 heteroatoms. The summed E-state index contributed by atoms with van der Waals surface area (Å²) in [6.07, 6.45) is 1.24. The summed E-state index contributed by atoms with van der Waals surface area (Å²) in [5.41, 5.74) is 0.229. The lowest BCUT2D eigenvalue weighted by molar-refractivity contribution is 0.101. The van der Waals surface area contributed by atoms with Crippen LogP contribution in [0.25, 0.3) is 0 Å². The third-order valence-corrected chi connectivity index (χ3v) is 1.48. The molecule has 0 fully saturated rings. The minimum absolute atomic E-state index is 0.213. The molecule has 0 aliphatic rings. The fourth-order valence-electron chi connectivity index (χ4n) is 0.614. The maximum absolute atomic E-state index is 12.6. The van der Waals surface area contributed by atoms with Crippen molar-refractivity contribution in [1.29, 1.82) is 0 Å². The molecule has 0 saturated carbocycles. The SMILES string of the molecule is CC(=O)c1cnc(Cl)c(F)c1. The van der Waals surface area contributed by atoms with Gasteiger partial charge in [0.2, 0.25) is 0 Å². The number of nitrogens with zero attached hydrogens (tertiary/aromatic N) is 1. The maximum Gasteiger partial charge on any atom is 0.164 e. The quantitative estimate of drug-likeness (QED) is 0.481. The lowest BCUT2D eigenvalue weighted by atomic mass is 10.2. The predicted octanol–water partition coefficient (Wildman–Crippen LogP) is 2.08. The second kappa shape index (κ2) is 2.96. The molecule has 0 atom stereocenters. The van der Waals surface area contributed by atoms with E-state index in [2.05, 4.69) is 4.98 Å². The molecule has 0 aliphatic carbocycles. The topological polar surface area (TPSA) is 30.0 Å². The molecule has 0 radical (unpaired) electrons. The van der Waals surface area contributed by atoms with Crippen LogP contribution in [0.5, 0.6) is 0 Å². The van der Waals surface area contributed by atoms with Crippen LogP contribution in [0, 0.1) is 5.82 Å². The Morgan fingerprint density at radius 3 is 2.82 bits per heavy atom. The highest BCUT2D eigenvalue weighted by atomic mass is 35.5. The van der Waals surface area contributed by atoms with Gasteiger partial charge in [-0.05, 0) is 13.0 Å². The first-order valence-corrected chi connectivity index (χ1v) is 3.31. The molecule has 0 spiro atoms. The Balaban J connectivity index is 3.15. The normalized spacial score (nSPS) is 9.73. The van der Waals surface area contributed by atoms with Crippen LogP contribution in [-0.2, 0) is 0 Å². The maximum atomic E-state index is 12.6. The average molecular weight is 174 g/mol. The van der Waals surface area contributed by atoms with E-state index >= 15 is 0 Å². The molecule has 0 saturated heterocycles. The fraction of sp³-hybridized carbons (Fsp3) is 0.143. The molecule has 1 rings (SSSR count). The van der Waals surface area contributed by atoms with Crippen molar-refractivity contribution in [2.24, 2.45) is 0 Å². The summed E-state index contributed by atoms with van der Waals surface area (Å²) >= 11 is 5.29. The van der Waals surface area contributed by atoms with E-state index in [1.54, 1.807) is 0 Å². The van der Waals surface area contributed by atoms with Gasteiger partial charge in [-0.25, -0.2) is 9.37 Å². The zero-order valence-corrected chi connectivity index (χ0v) is 6.52. The number of pyridine rings is 1. The van der Waals surface area contributed by atoms with Gasteiger partial charge in [0.1, 0.15) is 0 Å². The Bertz CT molecular complexity index is 300. The number of carbonyl (C=O) groups excluding carboxylic acids is 1. The van der Waals surface area contributed by atoms with E-state index in [9.17, 15) is 9.18 Å². The number of ketones is 1. The molecule has 58 valence electrons. The largest absolute Gasteiger partial charge is 0.294 e. The monoisotopic (exact) mass is 173 g/mol. The number of hydrogen-bond donors (Lipinski definition) is 0. The summed E-state index contributed by atoms with van der Waals surface area (Å²) in [4.78, 5) is 14.1. The van der Waals surface area contributed by atoms with Gasteiger partial charge in [0, 0.05) is 11.8 Å². The van der Waals surface area contributed by atoms with Crippen molar-refractivity contribution in [3.8, 4) is 0 Å². The van der Waals surface area contributed by atoms with Gasteiger partial charge in [0.25, 0.3) is 0 Å². The van der Waals surface area contributed by atoms with E-state index in [1.807, 2.05) is 0 Å². The van der Waals surface area contributed by atoms with Crippen molar-refractivity contribution >= 4 is 17.4 Å². The minimum Gasteiger partial charge on any atom is -0.294 e. The predicted molar refractivity (Wildman–Crippen MR) is 39.2 cm³/mol. The van der Waals surface area contributed by atoms with Crippen molar-refractivity contribution in [3.63, 3.8) is 0 Å². The zero-order valence-electron chi connectivity index (χ0n) is 5.77. The lowest BCUT2D eigenvalue weighted by Crippen LogP contribution is -1.94. The third kappa shape index (κ3) is 1.74. The molecule has 0 aliphatic heterocycles. The Kier molecular flexibility index (Phi) is 2.19. The molecule has 1 aromatic heterocycles. The molecule has 2 nitrogen and oxygen atoms in total. The molecular formula is C7H5ClFNO. The molecule has 0 amide bonds. The van der Waals surface area contributed by atoms with Crippen LogP contribution in [0.2, 0.25) is 5.15 Å². The standard InChI is InChI=1S/C7H5ClFNO/c1-4(11)5-2-6(9)7(8)10-3-5/h2-3H,1H3. The van der Waals surface area contributed by atoms with Crippen LogP contribution in [0.15, 0.2) is 12.3 Å². The van der Waals surface area contributed by atoms with Crippen LogP contribution < -0.4 is 0 Å². The number of halogens is 2. The van der Waals surface area contributed by atoms with E-state index in [0.29, 0.717) is 0 Å². The third-order valence-electron chi connectivity index (χ3n) is 1.20. The van der Waals surface area contributed by atoms with Crippen molar-refractivity contribution < 1.29 is 9.18 Å². The molecule has 0 N–H and O–H groups in total. The fourth-order valence-corrected chi connectivity index (χ4v) is 0.717. The number of aromatic nitrogens is 1. The van der Waals surface area contributed by atoms with Crippen LogP contribution in [0.3, 0.4) is 0 Å². The van der Waals surface area contributed by atoms with Crippen LogP contribution in [0.1, 0.15) is 17.3 Å². The highest BCUT2D eigenvalue weighted by Gasteiger charge is 2.04. The van der Waals surface area contributed by atoms with E-state index < -0.39 is 5.82 Å². The first-order chi connectivity index (χ1) is 5.11. The number of carbonyl (C=O) groups is 1. The first kappa shape index (κ1) is 8.14. The van der Waals surface area contributed by atoms with Crippen LogP contribution in [0.4, 0.5) is 4.39 Å². The van der Waals surface area contributed by atoms with Crippen molar-refractivity contribution in [1.82, 2.24) is 4.98 Å². The molecule has 1 heterocycles. The number of Topliss-reactive ketones (excluding diaryl/α,β-unsaturated/α-hetero) is 1. The Morgan fingerprint density at radius 1 is 1.73 bits per heavy atom. The van der Waals surface area contributed by atoms with Gasteiger partial charge in [0.15, 0.2) is 16.8 Å². The summed E-state index contributed by atoms with van der Waals surface area (Å²) < 4.78 is 12.6. The van der Waals surface area contributed by atoms with E-state index in [-0.39, 0.29) is 16.5 Å². The molecule has 1 aromatic rings. The molecular weight excluding hydrogens is 169 g/mol. The van der Waals surface area contributed by atoms with Crippen LogP contribution >= 0.6 is 11.6 Å². The van der Waals surface area contributed by atoms with Gasteiger partial charge in [-0.3, -0.25) is 4.79 Å². The first-order valence-electron chi connectivity index (χ1n) is 2.93. The van der Waals surface area contributed by atoms with E-state index in [0.717, 1.165) is 6.07 Å². The Labute approximate surface area is 68.0 Å². The van der Waals surface area contributed by atoms with Crippen molar-refractivity contribution in [3.05, 3.63) is 28.8 Å². The minimum atomic E-state index is -0.667. The van der Waals surface area contributed by atoms with Crippen molar-refractivity contribution in [2.75, 3.05) is 0 Å². The van der Waals surface area contributed by atoms with E-state index in [4.69, 9.17) is 11.6 Å². The second-order valence-corrected chi connectivity index (χ2v) is 2.41. The molecule has 0 aromatic carbocycles. The summed E-state index contributed by atoms with van der Waals surface area (Å²) in [7, 11) is 0. The van der Waals surface area contributed by atoms with E-state index in [1.165, 1.54) is 13.1 Å². The summed E-state index contributed by atoms with van der Waals surface area (Å²) in [6, 6.07) is 1.07. The summed E-state index contributed by atoms with van der Waals surface area (Å²) in [6.45, 7) is 1.34. The molecule has 0 bridgehead atoms. The average Bonchev–Trinajstić information content (AvgIpc) is 1.94. The van der Waals surface area contributed by atoms with Crippen LogP contribution in [-0.4, -0.2) is 10.8 Å². The van der Waals surface area contributed by atoms with Crippen molar-refractivity contribution in [2.45, 2.75) is 6.92 Å². The van der Waals surface area contributed by atoms with Gasteiger partial charge >= 0.3 is 0 Å². The van der Waals surface area contributed by atoms with Gasteiger partial charge in [0.05, 0.1) is 0 Å². The van der Waals surface area contributed by atoms with Gasteiger partial charge in [-0.2, -0.15) is 0 Å². The highest BCUT2D eigenvalue weighted by Crippen LogP contribution is 2.11. The van der Waals surface area contributed by atoms with Gasteiger partial charge in [-0.1, -0.05) is 11.6 Å². The molecule has 0 unspecified atom stereocenters.